The van der Waals surface area contributed by atoms with E-state index < -0.39 is 0 Å². The number of carbonyl (C=O) groups excluding carboxylic acids is 1. The van der Waals surface area contributed by atoms with E-state index in [-0.39, 0.29) is 18.1 Å². The number of carbonyl (C=O) groups is 1. The second-order valence-electron chi connectivity index (χ2n) is 4.23. The molecule has 0 saturated carbocycles. The lowest BCUT2D eigenvalue weighted by atomic mass is 10.1. The van der Waals surface area contributed by atoms with Crippen LogP contribution in [0.15, 0.2) is 42.6 Å². The standard InChI is InChI=1S/C15H15FN2O2/c1-20-15-9-7-12(10-17-15)18-14(19)8-6-11-4-2-3-5-13(11)16/h2-5,7,9-10H,6,8H2,1H3,(H,18,19). The van der Waals surface area contributed by atoms with Crippen molar-refractivity contribution in [2.45, 2.75) is 12.8 Å². The molecule has 0 bridgehead atoms. The van der Waals surface area contributed by atoms with E-state index in [4.69, 9.17) is 4.74 Å². The number of aryl methyl sites for hydroxylation is 1. The van der Waals surface area contributed by atoms with Gasteiger partial charge >= 0.3 is 0 Å². The largest absolute Gasteiger partial charge is 0.481 e. The molecular formula is C15H15FN2O2. The molecular weight excluding hydrogens is 259 g/mol. The van der Waals surface area contributed by atoms with Crippen LogP contribution in [0.5, 0.6) is 5.88 Å². The predicted molar refractivity (Wildman–Crippen MR) is 74.1 cm³/mol. The van der Waals surface area contributed by atoms with Crippen LogP contribution in [0.3, 0.4) is 0 Å². The van der Waals surface area contributed by atoms with Gasteiger partial charge in [0.05, 0.1) is 19.0 Å². The van der Waals surface area contributed by atoms with Crippen LogP contribution < -0.4 is 10.1 Å². The number of benzene rings is 1. The van der Waals surface area contributed by atoms with Crippen LogP contribution >= 0.6 is 0 Å². The summed E-state index contributed by atoms with van der Waals surface area (Å²) in [6.45, 7) is 0. The molecule has 20 heavy (non-hydrogen) atoms. The van der Waals surface area contributed by atoms with Gasteiger partial charge in [-0.05, 0) is 24.1 Å². The topological polar surface area (TPSA) is 51.2 Å². The molecule has 1 aromatic carbocycles. The molecule has 2 aromatic rings. The van der Waals surface area contributed by atoms with E-state index in [2.05, 4.69) is 10.3 Å². The Morgan fingerprint density at radius 1 is 1.30 bits per heavy atom. The van der Waals surface area contributed by atoms with Crippen molar-refractivity contribution >= 4 is 11.6 Å². The highest BCUT2D eigenvalue weighted by molar-refractivity contribution is 5.90. The lowest BCUT2D eigenvalue weighted by molar-refractivity contribution is -0.116. The van der Waals surface area contributed by atoms with Crippen molar-refractivity contribution in [1.29, 1.82) is 0 Å². The number of rotatable bonds is 5. The van der Waals surface area contributed by atoms with Gasteiger partial charge in [0.2, 0.25) is 11.8 Å². The Balaban J connectivity index is 1.87. The molecule has 104 valence electrons. The summed E-state index contributed by atoms with van der Waals surface area (Å²) in [5, 5.41) is 2.70. The molecule has 1 amide bonds. The number of halogens is 1. The number of pyridine rings is 1. The van der Waals surface area contributed by atoms with Crippen molar-refractivity contribution in [2.24, 2.45) is 0 Å². The van der Waals surface area contributed by atoms with Crippen molar-refractivity contribution in [3.05, 3.63) is 54.0 Å². The van der Waals surface area contributed by atoms with Gasteiger partial charge in [0.1, 0.15) is 5.82 Å². The smallest absolute Gasteiger partial charge is 0.224 e. The number of amides is 1. The quantitative estimate of drug-likeness (QED) is 0.912. The molecule has 2 rings (SSSR count). The van der Waals surface area contributed by atoms with Crippen molar-refractivity contribution in [1.82, 2.24) is 4.98 Å². The summed E-state index contributed by atoms with van der Waals surface area (Å²) in [7, 11) is 1.52. The SMILES string of the molecule is COc1ccc(NC(=O)CCc2ccccc2F)cn1. The molecule has 0 aliphatic rings. The minimum absolute atomic E-state index is 0.180. The highest BCUT2D eigenvalue weighted by Gasteiger charge is 2.06. The van der Waals surface area contributed by atoms with E-state index in [9.17, 15) is 9.18 Å². The van der Waals surface area contributed by atoms with E-state index in [1.165, 1.54) is 19.4 Å². The second kappa shape index (κ2) is 6.65. The molecule has 4 nitrogen and oxygen atoms in total. The number of nitrogens with one attached hydrogen (secondary N) is 1. The third-order valence-corrected chi connectivity index (χ3v) is 2.81. The lowest BCUT2D eigenvalue weighted by Crippen LogP contribution is -2.12. The lowest BCUT2D eigenvalue weighted by Gasteiger charge is -2.06. The molecule has 0 fully saturated rings. The average Bonchev–Trinajstić information content (AvgIpc) is 2.47. The summed E-state index contributed by atoms with van der Waals surface area (Å²) in [6, 6.07) is 9.81. The van der Waals surface area contributed by atoms with Crippen LogP contribution in [0.4, 0.5) is 10.1 Å². The molecule has 0 aliphatic carbocycles. The Morgan fingerprint density at radius 3 is 2.75 bits per heavy atom. The highest BCUT2D eigenvalue weighted by atomic mass is 19.1. The summed E-state index contributed by atoms with van der Waals surface area (Å²) in [5.41, 5.74) is 1.12. The molecule has 1 N–H and O–H groups in total. The number of nitrogens with zero attached hydrogens (tertiary/aromatic N) is 1. The van der Waals surface area contributed by atoms with E-state index in [0.717, 1.165) is 0 Å². The van der Waals surface area contributed by atoms with Gasteiger partial charge in [-0.25, -0.2) is 9.37 Å². The summed E-state index contributed by atoms with van der Waals surface area (Å²) < 4.78 is 18.3. The first-order chi connectivity index (χ1) is 9.69. The minimum Gasteiger partial charge on any atom is -0.481 e. The summed E-state index contributed by atoms with van der Waals surface area (Å²) in [4.78, 5) is 15.7. The first-order valence-electron chi connectivity index (χ1n) is 6.22. The van der Waals surface area contributed by atoms with Crippen LogP contribution in [0.1, 0.15) is 12.0 Å². The number of ether oxygens (including phenoxy) is 1. The van der Waals surface area contributed by atoms with E-state index >= 15 is 0 Å². The second-order valence-corrected chi connectivity index (χ2v) is 4.23. The Kier molecular flexibility index (Phi) is 4.65. The van der Waals surface area contributed by atoms with Crippen LogP contribution in [0.25, 0.3) is 0 Å². The van der Waals surface area contributed by atoms with Gasteiger partial charge in [0.15, 0.2) is 0 Å². The first kappa shape index (κ1) is 14.0. The maximum absolute atomic E-state index is 13.4. The zero-order chi connectivity index (χ0) is 14.4. The van der Waals surface area contributed by atoms with Gasteiger partial charge in [-0.15, -0.1) is 0 Å². The minimum atomic E-state index is -0.286. The van der Waals surface area contributed by atoms with Gasteiger partial charge in [-0.2, -0.15) is 0 Å². The molecule has 0 spiro atoms. The van der Waals surface area contributed by atoms with Crippen molar-refractivity contribution in [3.8, 4) is 5.88 Å². The predicted octanol–water partition coefficient (Wildman–Crippen LogP) is 2.80. The Morgan fingerprint density at radius 2 is 2.10 bits per heavy atom. The van der Waals surface area contributed by atoms with E-state index in [0.29, 0.717) is 23.6 Å². The molecule has 1 heterocycles. The van der Waals surface area contributed by atoms with Crippen LogP contribution in [0, 0.1) is 5.82 Å². The fourth-order valence-electron chi connectivity index (χ4n) is 1.75. The molecule has 0 radical (unpaired) electrons. The molecule has 1 aromatic heterocycles. The van der Waals surface area contributed by atoms with Gasteiger partial charge < -0.3 is 10.1 Å². The summed E-state index contributed by atoms with van der Waals surface area (Å²) in [6.07, 6.45) is 2.09. The third kappa shape index (κ3) is 3.78. The number of aromatic nitrogens is 1. The van der Waals surface area contributed by atoms with Gasteiger partial charge in [-0.3, -0.25) is 4.79 Å². The Labute approximate surface area is 116 Å². The maximum atomic E-state index is 13.4. The van der Waals surface area contributed by atoms with Crippen molar-refractivity contribution < 1.29 is 13.9 Å². The zero-order valence-corrected chi connectivity index (χ0v) is 11.1. The molecule has 5 heteroatoms. The first-order valence-corrected chi connectivity index (χ1v) is 6.22. The fourth-order valence-corrected chi connectivity index (χ4v) is 1.75. The summed E-state index contributed by atoms with van der Waals surface area (Å²) in [5.74, 6) is 0.0148. The molecule has 0 saturated heterocycles. The fraction of sp³-hybridized carbons (Fsp3) is 0.200. The maximum Gasteiger partial charge on any atom is 0.224 e. The van der Waals surface area contributed by atoms with Gasteiger partial charge in [0.25, 0.3) is 0 Å². The zero-order valence-electron chi connectivity index (χ0n) is 11.1. The average molecular weight is 274 g/mol. The van der Waals surface area contributed by atoms with Crippen LogP contribution in [0.2, 0.25) is 0 Å². The number of methoxy groups -OCH3 is 1. The Bertz CT molecular complexity index is 585. The van der Waals surface area contributed by atoms with E-state index in [1.54, 1.807) is 30.3 Å². The number of anilines is 1. The molecule has 0 atom stereocenters. The molecule has 0 aliphatic heterocycles. The summed E-state index contributed by atoms with van der Waals surface area (Å²) >= 11 is 0. The third-order valence-electron chi connectivity index (χ3n) is 2.81. The van der Waals surface area contributed by atoms with E-state index in [1.807, 2.05) is 0 Å². The highest BCUT2D eigenvalue weighted by Crippen LogP contribution is 2.13. The Hall–Kier alpha value is -2.43. The number of hydrogen-bond acceptors (Lipinski definition) is 3. The van der Waals surface area contributed by atoms with Crippen LogP contribution in [-0.2, 0) is 11.2 Å². The van der Waals surface area contributed by atoms with Crippen molar-refractivity contribution in [2.75, 3.05) is 12.4 Å². The van der Waals surface area contributed by atoms with Crippen LogP contribution in [-0.4, -0.2) is 18.0 Å². The normalized spacial score (nSPS) is 10.1. The molecule has 0 unspecified atom stereocenters. The monoisotopic (exact) mass is 274 g/mol. The van der Waals surface area contributed by atoms with Gasteiger partial charge in [0, 0.05) is 12.5 Å². The number of hydrogen-bond donors (Lipinski definition) is 1. The van der Waals surface area contributed by atoms with Crippen molar-refractivity contribution in [3.63, 3.8) is 0 Å². The van der Waals surface area contributed by atoms with Gasteiger partial charge in [-0.1, -0.05) is 18.2 Å².